The Labute approximate surface area is 137 Å². The molecule has 2 aromatic heterocycles. The molecule has 0 unspecified atom stereocenters. The molecule has 0 bridgehead atoms. The zero-order chi connectivity index (χ0) is 16.1. The van der Waals surface area contributed by atoms with Gasteiger partial charge in [-0.3, -0.25) is 0 Å². The van der Waals surface area contributed by atoms with Gasteiger partial charge in [0.25, 0.3) is 11.8 Å². The van der Waals surface area contributed by atoms with E-state index in [1.165, 1.54) is 17.4 Å². The fourth-order valence-corrected chi connectivity index (χ4v) is 2.54. The molecule has 3 rings (SSSR count). The van der Waals surface area contributed by atoms with Crippen LogP contribution in [0.3, 0.4) is 0 Å². The molecular formula is C17H14N2O3S. The van der Waals surface area contributed by atoms with Crippen molar-refractivity contribution in [1.29, 1.82) is 0 Å². The summed E-state index contributed by atoms with van der Waals surface area (Å²) in [6, 6.07) is 13.3. The van der Waals surface area contributed by atoms with Crippen LogP contribution in [0.1, 0.15) is 24.5 Å². The molecule has 0 fully saturated rings. The van der Waals surface area contributed by atoms with E-state index in [0.29, 0.717) is 5.89 Å². The van der Waals surface area contributed by atoms with Crippen molar-refractivity contribution < 1.29 is 13.9 Å². The summed E-state index contributed by atoms with van der Waals surface area (Å²) in [6.45, 7) is 1.69. The van der Waals surface area contributed by atoms with Crippen LogP contribution >= 0.6 is 11.3 Å². The summed E-state index contributed by atoms with van der Waals surface area (Å²) in [5, 5.41) is 9.82. The lowest BCUT2D eigenvalue weighted by Gasteiger charge is -2.06. The highest BCUT2D eigenvalue weighted by Gasteiger charge is 2.18. The number of hydrogen-bond acceptors (Lipinski definition) is 6. The van der Waals surface area contributed by atoms with Crippen LogP contribution < -0.4 is 0 Å². The van der Waals surface area contributed by atoms with Gasteiger partial charge in [0, 0.05) is 6.08 Å². The third-order valence-electron chi connectivity index (χ3n) is 3.02. The van der Waals surface area contributed by atoms with Crippen molar-refractivity contribution in [1.82, 2.24) is 10.2 Å². The number of rotatable bonds is 5. The zero-order valence-corrected chi connectivity index (χ0v) is 13.2. The van der Waals surface area contributed by atoms with E-state index in [4.69, 9.17) is 9.15 Å². The number of ether oxygens (including phenoxy) is 1. The minimum Gasteiger partial charge on any atom is -0.449 e. The van der Waals surface area contributed by atoms with Crippen molar-refractivity contribution in [3.8, 4) is 10.8 Å². The van der Waals surface area contributed by atoms with Gasteiger partial charge in [-0.1, -0.05) is 36.4 Å². The Morgan fingerprint density at radius 1 is 1.22 bits per heavy atom. The van der Waals surface area contributed by atoms with Gasteiger partial charge in [-0.05, 0) is 30.0 Å². The van der Waals surface area contributed by atoms with E-state index in [1.54, 1.807) is 13.0 Å². The zero-order valence-electron chi connectivity index (χ0n) is 12.4. The highest BCUT2D eigenvalue weighted by molar-refractivity contribution is 7.13. The SMILES string of the molecule is C[C@@H](OC(=O)/C=C/c1ccccc1)c1nnc(-c2cccs2)o1. The standard InChI is InChI=1S/C17H14N2O3S/c1-12(16-18-19-17(22-16)14-8-5-11-23-14)21-15(20)10-9-13-6-3-2-4-7-13/h2-12H,1H3/b10-9+/t12-/m1/s1. The molecule has 0 spiro atoms. The van der Waals surface area contributed by atoms with Crippen LogP contribution in [-0.2, 0) is 9.53 Å². The van der Waals surface area contributed by atoms with Gasteiger partial charge in [-0.25, -0.2) is 4.79 Å². The summed E-state index contributed by atoms with van der Waals surface area (Å²) in [5.74, 6) is 0.241. The number of esters is 1. The van der Waals surface area contributed by atoms with E-state index in [2.05, 4.69) is 10.2 Å². The van der Waals surface area contributed by atoms with E-state index >= 15 is 0 Å². The molecule has 0 N–H and O–H groups in total. The Morgan fingerprint density at radius 3 is 2.78 bits per heavy atom. The molecule has 6 heteroatoms. The summed E-state index contributed by atoms with van der Waals surface area (Å²) >= 11 is 1.51. The monoisotopic (exact) mass is 326 g/mol. The number of hydrogen-bond donors (Lipinski definition) is 0. The van der Waals surface area contributed by atoms with E-state index < -0.39 is 12.1 Å². The highest BCUT2D eigenvalue weighted by Crippen LogP contribution is 2.25. The molecule has 0 saturated carbocycles. The minimum atomic E-state index is -0.607. The van der Waals surface area contributed by atoms with Crippen molar-refractivity contribution >= 4 is 23.4 Å². The summed E-state index contributed by atoms with van der Waals surface area (Å²) in [4.78, 5) is 12.7. The Hall–Kier alpha value is -2.73. The third-order valence-corrected chi connectivity index (χ3v) is 3.88. The van der Waals surface area contributed by atoms with Gasteiger partial charge in [0.15, 0.2) is 6.10 Å². The van der Waals surface area contributed by atoms with Crippen LogP contribution in [0.5, 0.6) is 0 Å². The number of carbonyl (C=O) groups is 1. The largest absolute Gasteiger partial charge is 0.449 e. The molecule has 0 aliphatic rings. The molecule has 0 saturated heterocycles. The Bertz CT molecular complexity index is 794. The normalized spacial score (nSPS) is 12.4. The Morgan fingerprint density at radius 2 is 2.04 bits per heavy atom. The lowest BCUT2D eigenvalue weighted by molar-refractivity contribution is -0.143. The van der Waals surface area contributed by atoms with Gasteiger partial charge in [-0.15, -0.1) is 21.5 Å². The number of carbonyl (C=O) groups excluding carboxylic acids is 1. The van der Waals surface area contributed by atoms with Gasteiger partial charge in [0.05, 0.1) is 4.88 Å². The van der Waals surface area contributed by atoms with Gasteiger partial charge in [-0.2, -0.15) is 0 Å². The second-order valence-corrected chi connectivity index (χ2v) is 5.69. The van der Waals surface area contributed by atoms with Gasteiger partial charge in [0.1, 0.15) is 0 Å². The second kappa shape index (κ2) is 7.02. The van der Waals surface area contributed by atoms with E-state index in [-0.39, 0.29) is 5.89 Å². The van der Waals surface area contributed by atoms with Crippen LogP contribution in [0.25, 0.3) is 16.8 Å². The average Bonchev–Trinajstić information content (AvgIpc) is 3.24. The molecule has 3 aromatic rings. The maximum atomic E-state index is 11.8. The lowest BCUT2D eigenvalue weighted by Crippen LogP contribution is -2.06. The van der Waals surface area contributed by atoms with E-state index in [1.807, 2.05) is 47.8 Å². The predicted molar refractivity (Wildman–Crippen MR) is 87.6 cm³/mol. The summed E-state index contributed by atoms with van der Waals surface area (Å²) in [7, 11) is 0. The van der Waals surface area contributed by atoms with Crippen LogP contribution in [0, 0.1) is 0 Å². The highest BCUT2D eigenvalue weighted by atomic mass is 32.1. The minimum absolute atomic E-state index is 0.273. The number of thiophene rings is 1. The molecule has 2 heterocycles. The average molecular weight is 326 g/mol. The first-order valence-electron chi connectivity index (χ1n) is 7.03. The molecule has 0 amide bonds. The van der Waals surface area contributed by atoms with Crippen molar-refractivity contribution in [3.63, 3.8) is 0 Å². The van der Waals surface area contributed by atoms with Crippen LogP contribution in [0.2, 0.25) is 0 Å². The first-order chi connectivity index (χ1) is 11.2. The summed E-state index contributed by atoms with van der Waals surface area (Å²) < 4.78 is 10.8. The topological polar surface area (TPSA) is 65.2 Å². The summed E-state index contributed by atoms with van der Waals surface area (Å²) in [6.07, 6.45) is 2.46. The van der Waals surface area contributed by atoms with Crippen LogP contribution in [0.15, 0.2) is 58.3 Å². The Kier molecular flexibility index (Phi) is 4.63. The second-order valence-electron chi connectivity index (χ2n) is 4.75. The maximum Gasteiger partial charge on any atom is 0.331 e. The smallest absolute Gasteiger partial charge is 0.331 e. The van der Waals surface area contributed by atoms with Crippen LogP contribution in [0.4, 0.5) is 0 Å². The van der Waals surface area contributed by atoms with Crippen molar-refractivity contribution in [2.75, 3.05) is 0 Å². The molecule has 116 valence electrons. The van der Waals surface area contributed by atoms with E-state index in [0.717, 1.165) is 10.4 Å². The van der Waals surface area contributed by atoms with Crippen molar-refractivity contribution in [2.45, 2.75) is 13.0 Å². The molecule has 0 radical (unpaired) electrons. The van der Waals surface area contributed by atoms with Gasteiger partial charge >= 0.3 is 5.97 Å². The molecule has 5 nitrogen and oxygen atoms in total. The van der Waals surface area contributed by atoms with E-state index in [9.17, 15) is 4.79 Å². The van der Waals surface area contributed by atoms with Crippen LogP contribution in [-0.4, -0.2) is 16.2 Å². The van der Waals surface area contributed by atoms with Crippen molar-refractivity contribution in [2.24, 2.45) is 0 Å². The quantitative estimate of drug-likeness (QED) is 0.521. The fraction of sp³-hybridized carbons (Fsp3) is 0.118. The molecule has 23 heavy (non-hydrogen) atoms. The fourth-order valence-electron chi connectivity index (χ4n) is 1.89. The lowest BCUT2D eigenvalue weighted by atomic mass is 10.2. The third kappa shape index (κ3) is 3.92. The molecule has 0 aliphatic carbocycles. The molecule has 1 aromatic carbocycles. The first kappa shape index (κ1) is 15.2. The number of aromatic nitrogens is 2. The van der Waals surface area contributed by atoms with Gasteiger partial charge < -0.3 is 9.15 Å². The summed E-state index contributed by atoms with van der Waals surface area (Å²) in [5.41, 5.74) is 0.926. The van der Waals surface area contributed by atoms with Crippen molar-refractivity contribution in [3.05, 3.63) is 65.4 Å². The number of benzene rings is 1. The molecular weight excluding hydrogens is 312 g/mol. The molecule has 0 aliphatic heterocycles. The predicted octanol–water partition coefficient (Wildman–Crippen LogP) is 4.12. The Balaban J connectivity index is 1.61. The maximum absolute atomic E-state index is 11.8. The van der Waals surface area contributed by atoms with Gasteiger partial charge in [0.2, 0.25) is 0 Å². The first-order valence-corrected chi connectivity index (χ1v) is 7.91. The number of nitrogens with zero attached hydrogens (tertiary/aromatic N) is 2. The molecule has 1 atom stereocenters.